The lowest BCUT2D eigenvalue weighted by atomic mass is 9.98. The lowest BCUT2D eigenvalue weighted by Gasteiger charge is -2.28. The molecule has 0 aliphatic heterocycles. The minimum absolute atomic E-state index is 0.0531. The highest BCUT2D eigenvalue weighted by atomic mass is 32.1. The van der Waals surface area contributed by atoms with E-state index in [9.17, 15) is 14.4 Å². The van der Waals surface area contributed by atoms with Gasteiger partial charge < -0.3 is 24.9 Å². The molecule has 0 aromatic carbocycles. The van der Waals surface area contributed by atoms with E-state index in [4.69, 9.17) is 14.3 Å². The molecule has 2 amide bonds. The molecule has 140 valence electrons. The van der Waals surface area contributed by atoms with Crippen LogP contribution in [0.1, 0.15) is 39.1 Å². The summed E-state index contributed by atoms with van der Waals surface area (Å²) in [6.45, 7) is 3.39. The largest absolute Gasteiger partial charge is 0.481 e. The van der Waals surface area contributed by atoms with Crippen LogP contribution in [0.4, 0.5) is 5.00 Å². The Hall–Kier alpha value is -2.65. The van der Waals surface area contributed by atoms with Gasteiger partial charge in [0.25, 0.3) is 11.8 Å². The lowest BCUT2D eigenvalue weighted by Crippen LogP contribution is -2.50. The van der Waals surface area contributed by atoms with Gasteiger partial charge in [-0.15, -0.1) is 11.3 Å². The third-order valence-electron chi connectivity index (χ3n) is 3.53. The zero-order chi connectivity index (χ0) is 19.3. The number of aryl methyl sites for hydroxylation is 1. The highest BCUT2D eigenvalue weighted by Gasteiger charge is 2.31. The first kappa shape index (κ1) is 19.7. The normalized spacial score (nSPS) is 13.0. The van der Waals surface area contributed by atoms with E-state index in [2.05, 4.69) is 10.6 Å². The summed E-state index contributed by atoms with van der Waals surface area (Å²) >= 11 is 1.10. The Balaban J connectivity index is 2.12. The molecule has 1 atom stereocenters. The molecule has 2 heterocycles. The molecule has 9 heteroatoms. The Bertz CT molecular complexity index is 798. The number of nitrogens with one attached hydrogen (secondary N) is 2. The fourth-order valence-electron chi connectivity index (χ4n) is 2.46. The number of hydrogen-bond donors (Lipinski definition) is 3. The summed E-state index contributed by atoms with van der Waals surface area (Å²) in [4.78, 5) is 36.0. The van der Waals surface area contributed by atoms with Crippen LogP contribution in [-0.2, 0) is 9.53 Å². The number of carbonyl (C=O) groups excluding carboxylic acids is 2. The Morgan fingerprint density at radius 1 is 1.35 bits per heavy atom. The maximum Gasteiger partial charge on any atom is 0.305 e. The second kappa shape index (κ2) is 8.15. The Morgan fingerprint density at radius 2 is 2.08 bits per heavy atom. The van der Waals surface area contributed by atoms with Crippen molar-refractivity contribution >= 4 is 34.1 Å². The number of aliphatic carboxylic acids is 1. The van der Waals surface area contributed by atoms with Crippen molar-refractivity contribution in [3.05, 3.63) is 40.7 Å². The number of methoxy groups -OCH3 is 1. The molecule has 0 bridgehead atoms. The maximum atomic E-state index is 12.6. The highest BCUT2D eigenvalue weighted by molar-refractivity contribution is 7.18. The Labute approximate surface area is 154 Å². The van der Waals surface area contributed by atoms with Crippen molar-refractivity contribution in [1.29, 1.82) is 0 Å². The summed E-state index contributed by atoms with van der Waals surface area (Å²) < 4.78 is 10.1. The van der Waals surface area contributed by atoms with Crippen molar-refractivity contribution in [2.45, 2.75) is 25.8 Å². The van der Waals surface area contributed by atoms with Crippen molar-refractivity contribution < 1.29 is 28.6 Å². The van der Waals surface area contributed by atoms with Crippen molar-refractivity contribution in [1.82, 2.24) is 5.32 Å². The standard InChI is InChI=1S/C17H20N2O6S/c1-10-7-12(18-15(22)11-5-4-6-25-11)26-14(10)16(23)19-17(2,9-24-3)8-13(20)21/h4-7H,8-9H2,1-3H3,(H,18,22)(H,19,23)(H,20,21). The highest BCUT2D eigenvalue weighted by Crippen LogP contribution is 2.28. The van der Waals surface area contributed by atoms with Crippen LogP contribution in [0.5, 0.6) is 0 Å². The van der Waals surface area contributed by atoms with E-state index in [0.717, 1.165) is 11.3 Å². The van der Waals surface area contributed by atoms with Crippen LogP contribution in [-0.4, -0.2) is 42.1 Å². The maximum absolute atomic E-state index is 12.6. The van der Waals surface area contributed by atoms with Crippen LogP contribution < -0.4 is 10.6 Å². The van der Waals surface area contributed by atoms with Crippen LogP contribution in [0, 0.1) is 6.92 Å². The number of furan rings is 1. The second-order valence-electron chi connectivity index (χ2n) is 6.07. The van der Waals surface area contributed by atoms with Gasteiger partial charge in [0, 0.05) is 7.11 Å². The van der Waals surface area contributed by atoms with E-state index in [-0.39, 0.29) is 18.8 Å². The predicted molar refractivity (Wildman–Crippen MR) is 95.7 cm³/mol. The average Bonchev–Trinajstić information content (AvgIpc) is 3.15. The molecule has 0 fully saturated rings. The first-order valence-corrected chi connectivity index (χ1v) is 8.54. The molecule has 0 saturated heterocycles. The topological polar surface area (TPSA) is 118 Å². The van der Waals surface area contributed by atoms with Crippen molar-refractivity contribution in [3.8, 4) is 0 Å². The van der Waals surface area contributed by atoms with Crippen LogP contribution in [0.3, 0.4) is 0 Å². The van der Waals surface area contributed by atoms with Crippen LogP contribution in [0.15, 0.2) is 28.9 Å². The van der Waals surface area contributed by atoms with Crippen molar-refractivity contribution in [3.63, 3.8) is 0 Å². The van der Waals surface area contributed by atoms with Gasteiger partial charge in [-0.3, -0.25) is 14.4 Å². The summed E-state index contributed by atoms with van der Waals surface area (Å²) in [5.41, 5.74) is -0.386. The Kier molecular flexibility index (Phi) is 6.17. The molecule has 8 nitrogen and oxygen atoms in total. The molecule has 0 spiro atoms. The summed E-state index contributed by atoms with van der Waals surface area (Å²) in [5.74, 6) is -1.72. The number of carboxylic acids is 1. The molecule has 0 saturated carbocycles. The minimum Gasteiger partial charge on any atom is -0.481 e. The molecule has 0 aliphatic carbocycles. The molecule has 0 radical (unpaired) electrons. The van der Waals surface area contributed by atoms with Gasteiger partial charge in [0.15, 0.2) is 5.76 Å². The number of carbonyl (C=O) groups is 3. The second-order valence-corrected chi connectivity index (χ2v) is 7.12. The SMILES string of the molecule is COCC(C)(CC(=O)O)NC(=O)c1sc(NC(=O)c2ccco2)cc1C. The average molecular weight is 380 g/mol. The smallest absolute Gasteiger partial charge is 0.305 e. The molecule has 2 aromatic rings. The van der Waals surface area contributed by atoms with E-state index in [1.54, 1.807) is 26.0 Å². The van der Waals surface area contributed by atoms with E-state index < -0.39 is 23.3 Å². The summed E-state index contributed by atoms with van der Waals surface area (Å²) in [7, 11) is 1.44. The predicted octanol–water partition coefficient (Wildman–Crippen LogP) is 2.51. The number of rotatable bonds is 8. The minimum atomic E-state index is -1.05. The summed E-state index contributed by atoms with van der Waals surface area (Å²) in [5, 5.41) is 14.9. The molecule has 0 aliphatic rings. The Morgan fingerprint density at radius 3 is 2.65 bits per heavy atom. The van der Waals surface area contributed by atoms with E-state index in [1.807, 2.05) is 0 Å². The van der Waals surface area contributed by atoms with Gasteiger partial charge in [0.2, 0.25) is 0 Å². The molecule has 1 unspecified atom stereocenters. The zero-order valence-corrected chi connectivity index (χ0v) is 15.4. The van der Waals surface area contributed by atoms with E-state index >= 15 is 0 Å². The van der Waals surface area contributed by atoms with E-state index in [1.165, 1.54) is 19.4 Å². The number of amides is 2. The molecule has 3 N–H and O–H groups in total. The number of thiophene rings is 1. The molecule has 2 aromatic heterocycles. The molecule has 2 rings (SSSR count). The first-order chi connectivity index (χ1) is 12.2. The van der Waals surface area contributed by atoms with Crippen molar-refractivity contribution in [2.75, 3.05) is 19.0 Å². The summed E-state index contributed by atoms with van der Waals surface area (Å²) in [6.07, 6.45) is 1.12. The summed E-state index contributed by atoms with van der Waals surface area (Å²) in [6, 6.07) is 4.81. The van der Waals surface area contributed by atoms with Gasteiger partial charge in [-0.1, -0.05) is 0 Å². The fraction of sp³-hybridized carbons (Fsp3) is 0.353. The van der Waals surface area contributed by atoms with Gasteiger partial charge in [0.05, 0.1) is 34.7 Å². The van der Waals surface area contributed by atoms with Crippen LogP contribution >= 0.6 is 11.3 Å². The first-order valence-electron chi connectivity index (χ1n) is 7.72. The number of ether oxygens (including phenoxy) is 1. The zero-order valence-electron chi connectivity index (χ0n) is 14.6. The number of anilines is 1. The van der Waals surface area contributed by atoms with Gasteiger partial charge >= 0.3 is 5.97 Å². The molecule has 26 heavy (non-hydrogen) atoms. The van der Waals surface area contributed by atoms with Gasteiger partial charge in [0.1, 0.15) is 0 Å². The third kappa shape index (κ3) is 4.93. The van der Waals surface area contributed by atoms with Gasteiger partial charge in [-0.05, 0) is 37.6 Å². The van der Waals surface area contributed by atoms with Gasteiger partial charge in [-0.2, -0.15) is 0 Å². The monoisotopic (exact) mass is 380 g/mol. The third-order valence-corrected chi connectivity index (χ3v) is 4.68. The van der Waals surface area contributed by atoms with Gasteiger partial charge in [-0.25, -0.2) is 0 Å². The van der Waals surface area contributed by atoms with Crippen molar-refractivity contribution in [2.24, 2.45) is 0 Å². The van der Waals surface area contributed by atoms with E-state index in [0.29, 0.717) is 15.4 Å². The van der Waals surface area contributed by atoms with Crippen LogP contribution in [0.2, 0.25) is 0 Å². The lowest BCUT2D eigenvalue weighted by molar-refractivity contribution is -0.139. The quantitative estimate of drug-likeness (QED) is 0.648. The number of hydrogen-bond acceptors (Lipinski definition) is 6. The fourth-order valence-corrected chi connectivity index (χ4v) is 3.43. The number of carboxylic acid groups (broad SMARTS) is 1. The molecular formula is C17H20N2O6S. The molecular weight excluding hydrogens is 360 g/mol. The van der Waals surface area contributed by atoms with Crippen LogP contribution in [0.25, 0.3) is 0 Å².